The molecule has 0 saturated carbocycles. The molecule has 0 aliphatic carbocycles. The Labute approximate surface area is 149 Å². The lowest BCUT2D eigenvalue weighted by atomic mass is 9.98. The largest absolute Gasteiger partial charge is 0.354 e. The summed E-state index contributed by atoms with van der Waals surface area (Å²) in [6.45, 7) is 4.52. The zero-order valence-electron chi connectivity index (χ0n) is 14.6. The normalized spacial score (nSPS) is 19.2. The molecule has 25 heavy (non-hydrogen) atoms. The molecule has 0 spiro atoms. The van der Waals surface area contributed by atoms with Gasteiger partial charge in [0, 0.05) is 19.1 Å². The quantitative estimate of drug-likeness (QED) is 0.912. The number of nitrogens with one attached hydrogen (secondary N) is 1. The summed E-state index contributed by atoms with van der Waals surface area (Å²) in [6.07, 6.45) is 1.42. The van der Waals surface area contributed by atoms with Crippen molar-refractivity contribution in [3.05, 3.63) is 42.5 Å². The van der Waals surface area contributed by atoms with E-state index in [2.05, 4.69) is 5.32 Å². The first kappa shape index (κ1) is 17.9. The molecule has 0 unspecified atom stereocenters. The van der Waals surface area contributed by atoms with Crippen LogP contribution in [0.3, 0.4) is 0 Å². The number of benzene rings is 2. The molecule has 6 heteroatoms. The van der Waals surface area contributed by atoms with E-state index in [1.54, 1.807) is 12.1 Å². The first-order valence-corrected chi connectivity index (χ1v) is 10.1. The number of sulfonamides is 1. The molecule has 1 aliphatic rings. The number of fused-ring (bicyclic) bond motifs is 1. The van der Waals surface area contributed by atoms with Gasteiger partial charge in [-0.3, -0.25) is 4.79 Å². The van der Waals surface area contributed by atoms with Crippen LogP contribution in [0.25, 0.3) is 10.8 Å². The lowest BCUT2D eigenvalue weighted by Crippen LogP contribution is -2.46. The third-order valence-electron chi connectivity index (χ3n) is 4.54. The zero-order valence-corrected chi connectivity index (χ0v) is 15.4. The first-order chi connectivity index (χ1) is 11.9. The van der Waals surface area contributed by atoms with E-state index in [0.29, 0.717) is 13.0 Å². The van der Waals surface area contributed by atoms with E-state index in [-0.39, 0.29) is 29.3 Å². The van der Waals surface area contributed by atoms with Crippen molar-refractivity contribution in [3.8, 4) is 0 Å². The zero-order chi connectivity index (χ0) is 18.0. The summed E-state index contributed by atoms with van der Waals surface area (Å²) in [7, 11) is -3.60. The monoisotopic (exact) mass is 360 g/mol. The van der Waals surface area contributed by atoms with Crippen molar-refractivity contribution in [1.29, 1.82) is 0 Å². The Balaban J connectivity index is 1.84. The Morgan fingerprint density at radius 2 is 1.88 bits per heavy atom. The molecule has 0 radical (unpaired) electrons. The maximum Gasteiger partial charge on any atom is 0.243 e. The third kappa shape index (κ3) is 3.85. The number of amides is 1. The summed E-state index contributed by atoms with van der Waals surface area (Å²) >= 11 is 0. The van der Waals surface area contributed by atoms with Gasteiger partial charge in [-0.1, -0.05) is 30.3 Å². The lowest BCUT2D eigenvalue weighted by Gasteiger charge is -2.31. The minimum Gasteiger partial charge on any atom is -0.354 e. The highest BCUT2D eigenvalue weighted by Crippen LogP contribution is 2.26. The van der Waals surface area contributed by atoms with Gasteiger partial charge in [0.25, 0.3) is 0 Å². The summed E-state index contributed by atoms with van der Waals surface area (Å²) in [5.41, 5.74) is 0. The van der Waals surface area contributed by atoms with Gasteiger partial charge in [-0.05, 0) is 49.6 Å². The van der Waals surface area contributed by atoms with E-state index in [9.17, 15) is 13.2 Å². The molecular formula is C19H24N2O3S. The van der Waals surface area contributed by atoms with E-state index < -0.39 is 10.0 Å². The Morgan fingerprint density at radius 3 is 2.60 bits per heavy atom. The van der Waals surface area contributed by atoms with Crippen molar-refractivity contribution < 1.29 is 13.2 Å². The number of piperidine rings is 1. The fourth-order valence-corrected chi connectivity index (χ4v) is 4.81. The lowest BCUT2D eigenvalue weighted by molar-refractivity contribution is -0.126. The molecule has 1 amide bonds. The molecule has 134 valence electrons. The highest BCUT2D eigenvalue weighted by atomic mass is 32.2. The Bertz CT molecular complexity index is 877. The van der Waals surface area contributed by atoms with Crippen LogP contribution in [0, 0.1) is 5.92 Å². The van der Waals surface area contributed by atoms with Crippen LogP contribution < -0.4 is 5.32 Å². The molecular weight excluding hydrogens is 336 g/mol. The van der Waals surface area contributed by atoms with Crippen molar-refractivity contribution in [2.75, 3.05) is 13.1 Å². The summed E-state index contributed by atoms with van der Waals surface area (Å²) in [6, 6.07) is 12.9. The molecule has 1 heterocycles. The predicted molar refractivity (Wildman–Crippen MR) is 98.7 cm³/mol. The maximum absolute atomic E-state index is 13.0. The van der Waals surface area contributed by atoms with Gasteiger partial charge in [-0.15, -0.1) is 0 Å². The fraction of sp³-hybridized carbons (Fsp3) is 0.421. The number of hydrogen-bond acceptors (Lipinski definition) is 3. The molecule has 3 rings (SSSR count). The predicted octanol–water partition coefficient (Wildman–Crippen LogP) is 2.77. The average Bonchev–Trinajstić information content (AvgIpc) is 2.61. The maximum atomic E-state index is 13.0. The van der Waals surface area contributed by atoms with Gasteiger partial charge in [0.05, 0.1) is 10.8 Å². The summed E-state index contributed by atoms with van der Waals surface area (Å²) in [5, 5.41) is 4.79. The van der Waals surface area contributed by atoms with E-state index in [4.69, 9.17) is 0 Å². The second-order valence-electron chi connectivity index (χ2n) is 6.87. The Kier molecular flexibility index (Phi) is 5.11. The number of nitrogens with zero attached hydrogens (tertiary/aromatic N) is 1. The van der Waals surface area contributed by atoms with E-state index in [0.717, 1.165) is 17.2 Å². The standard InChI is InChI=1S/C19H24N2O3S/c1-14(2)20-19(22)17-8-5-11-21(13-17)25(23,24)18-10-9-15-6-3-4-7-16(15)12-18/h3-4,6-7,9-10,12,14,17H,5,8,11,13H2,1-2H3,(H,20,22)/t17-/m1/s1. The van der Waals surface area contributed by atoms with Gasteiger partial charge in [0.2, 0.25) is 15.9 Å². The van der Waals surface area contributed by atoms with Crippen molar-refractivity contribution in [1.82, 2.24) is 9.62 Å². The van der Waals surface area contributed by atoms with Gasteiger partial charge in [0.1, 0.15) is 0 Å². The van der Waals surface area contributed by atoms with Crippen LogP contribution in [0.5, 0.6) is 0 Å². The van der Waals surface area contributed by atoms with Crippen LogP contribution >= 0.6 is 0 Å². The Hall–Kier alpha value is -1.92. The van der Waals surface area contributed by atoms with Crippen LogP contribution in [0.4, 0.5) is 0 Å². The van der Waals surface area contributed by atoms with Gasteiger partial charge >= 0.3 is 0 Å². The molecule has 0 bridgehead atoms. The SMILES string of the molecule is CC(C)NC(=O)[C@@H]1CCCN(S(=O)(=O)c2ccc3ccccc3c2)C1. The summed E-state index contributed by atoms with van der Waals surface area (Å²) < 4.78 is 27.5. The topological polar surface area (TPSA) is 66.5 Å². The van der Waals surface area contributed by atoms with Crippen LogP contribution in [-0.4, -0.2) is 37.8 Å². The van der Waals surface area contributed by atoms with E-state index in [1.165, 1.54) is 4.31 Å². The van der Waals surface area contributed by atoms with Gasteiger partial charge in [-0.2, -0.15) is 4.31 Å². The molecule has 1 fully saturated rings. The summed E-state index contributed by atoms with van der Waals surface area (Å²) in [4.78, 5) is 12.5. The van der Waals surface area contributed by atoms with Crippen molar-refractivity contribution in [2.45, 2.75) is 37.6 Å². The van der Waals surface area contributed by atoms with Crippen molar-refractivity contribution in [2.24, 2.45) is 5.92 Å². The van der Waals surface area contributed by atoms with Crippen LogP contribution in [0.2, 0.25) is 0 Å². The summed E-state index contributed by atoms with van der Waals surface area (Å²) in [5.74, 6) is -0.347. The van der Waals surface area contributed by atoms with Gasteiger partial charge < -0.3 is 5.32 Å². The number of rotatable bonds is 4. The first-order valence-electron chi connectivity index (χ1n) is 8.67. The third-order valence-corrected chi connectivity index (χ3v) is 6.41. The fourth-order valence-electron chi connectivity index (χ4n) is 3.25. The van der Waals surface area contributed by atoms with Gasteiger partial charge in [-0.25, -0.2) is 8.42 Å². The molecule has 2 aromatic rings. The minimum atomic E-state index is -3.60. The van der Waals surface area contributed by atoms with Crippen molar-refractivity contribution >= 4 is 26.7 Å². The van der Waals surface area contributed by atoms with Crippen LogP contribution in [0.1, 0.15) is 26.7 Å². The number of carbonyl (C=O) groups is 1. The molecule has 1 N–H and O–H groups in total. The molecule has 5 nitrogen and oxygen atoms in total. The molecule has 1 aliphatic heterocycles. The molecule has 2 aromatic carbocycles. The highest BCUT2D eigenvalue weighted by Gasteiger charge is 2.33. The molecule has 0 aromatic heterocycles. The number of carbonyl (C=O) groups excluding carboxylic acids is 1. The smallest absolute Gasteiger partial charge is 0.243 e. The average molecular weight is 360 g/mol. The van der Waals surface area contributed by atoms with E-state index in [1.807, 2.05) is 44.2 Å². The van der Waals surface area contributed by atoms with Gasteiger partial charge in [0.15, 0.2) is 0 Å². The number of hydrogen-bond donors (Lipinski definition) is 1. The minimum absolute atomic E-state index is 0.0555. The van der Waals surface area contributed by atoms with Crippen molar-refractivity contribution in [3.63, 3.8) is 0 Å². The van der Waals surface area contributed by atoms with E-state index >= 15 is 0 Å². The second-order valence-corrected chi connectivity index (χ2v) is 8.81. The highest BCUT2D eigenvalue weighted by molar-refractivity contribution is 7.89. The Morgan fingerprint density at radius 1 is 1.16 bits per heavy atom. The molecule has 1 saturated heterocycles. The molecule has 1 atom stereocenters. The second kappa shape index (κ2) is 7.14. The van der Waals surface area contributed by atoms with Crippen LogP contribution in [0.15, 0.2) is 47.4 Å². The van der Waals surface area contributed by atoms with Crippen LogP contribution in [-0.2, 0) is 14.8 Å².